The van der Waals surface area contributed by atoms with Gasteiger partial charge in [0.05, 0.1) is 5.69 Å². The fourth-order valence-corrected chi connectivity index (χ4v) is 2.59. The molecule has 6 nitrogen and oxygen atoms in total. The average Bonchev–Trinajstić information content (AvgIpc) is 2.74. The maximum absolute atomic E-state index is 12.1. The Morgan fingerprint density at radius 1 is 0.793 bits per heavy atom. The molecule has 0 radical (unpaired) electrons. The minimum Gasteiger partial charge on any atom is -0.482 e. The number of rotatable bonds is 8. The van der Waals surface area contributed by atoms with Gasteiger partial charge in [-0.05, 0) is 48.5 Å². The predicted molar refractivity (Wildman–Crippen MR) is 112 cm³/mol. The molecule has 0 aliphatic heterocycles. The van der Waals surface area contributed by atoms with Crippen LogP contribution in [-0.4, -0.2) is 25.1 Å². The van der Waals surface area contributed by atoms with Gasteiger partial charge in [-0.3, -0.25) is 4.79 Å². The molecule has 3 aromatic carbocycles. The zero-order valence-corrected chi connectivity index (χ0v) is 16.9. The van der Waals surface area contributed by atoms with E-state index < -0.39 is 18.5 Å². The molecule has 0 bridgehead atoms. The number of nitrogens with one attached hydrogen (secondary N) is 1. The van der Waals surface area contributed by atoms with E-state index in [4.69, 9.17) is 14.2 Å². The van der Waals surface area contributed by atoms with Crippen molar-refractivity contribution >= 4 is 33.5 Å². The third-order valence-electron chi connectivity index (χ3n) is 3.67. The second-order valence-corrected chi connectivity index (χ2v) is 6.78. The average molecular weight is 456 g/mol. The molecule has 0 heterocycles. The van der Waals surface area contributed by atoms with Crippen LogP contribution in [0.5, 0.6) is 17.2 Å². The van der Waals surface area contributed by atoms with Gasteiger partial charge in [-0.15, -0.1) is 0 Å². The largest absolute Gasteiger partial charge is 0.482 e. The second kappa shape index (κ2) is 10.3. The molecular weight excluding hydrogens is 438 g/mol. The third kappa shape index (κ3) is 6.65. The van der Waals surface area contributed by atoms with Crippen molar-refractivity contribution in [2.45, 2.75) is 0 Å². The molecule has 0 unspecified atom stereocenters. The topological polar surface area (TPSA) is 73.9 Å². The lowest BCUT2D eigenvalue weighted by atomic mass is 10.3. The van der Waals surface area contributed by atoms with E-state index in [2.05, 4.69) is 21.2 Å². The Hall–Kier alpha value is -3.32. The Morgan fingerprint density at radius 3 is 2.24 bits per heavy atom. The number of amides is 1. The number of ether oxygens (including phenoxy) is 3. The lowest BCUT2D eigenvalue weighted by molar-refractivity contribution is -0.149. The monoisotopic (exact) mass is 455 g/mol. The minimum absolute atomic E-state index is 0.289. The maximum atomic E-state index is 12.1. The van der Waals surface area contributed by atoms with Crippen LogP contribution < -0.4 is 14.8 Å². The van der Waals surface area contributed by atoms with Gasteiger partial charge < -0.3 is 19.5 Å². The van der Waals surface area contributed by atoms with Crippen LogP contribution in [0.2, 0.25) is 0 Å². The van der Waals surface area contributed by atoms with E-state index in [1.54, 1.807) is 48.5 Å². The summed E-state index contributed by atoms with van der Waals surface area (Å²) in [5, 5.41) is 2.68. The number of carbonyl (C=O) groups excluding carboxylic acids is 2. The molecule has 3 aromatic rings. The molecule has 0 saturated heterocycles. The van der Waals surface area contributed by atoms with Crippen LogP contribution in [0.25, 0.3) is 0 Å². The van der Waals surface area contributed by atoms with Crippen molar-refractivity contribution in [3.8, 4) is 17.2 Å². The molecule has 0 fully saturated rings. The summed E-state index contributed by atoms with van der Waals surface area (Å²) in [6.45, 7) is -0.717. The lowest BCUT2D eigenvalue weighted by Crippen LogP contribution is -2.23. The highest BCUT2D eigenvalue weighted by molar-refractivity contribution is 9.10. The Bertz CT molecular complexity index is 960. The van der Waals surface area contributed by atoms with Crippen LogP contribution in [0.3, 0.4) is 0 Å². The molecule has 0 spiro atoms. The molecule has 0 aromatic heterocycles. The molecule has 7 heteroatoms. The Labute approximate surface area is 176 Å². The van der Waals surface area contributed by atoms with Gasteiger partial charge in [0, 0.05) is 4.47 Å². The minimum atomic E-state index is -0.642. The number of halogens is 1. The zero-order valence-electron chi connectivity index (χ0n) is 15.3. The molecule has 1 N–H and O–H groups in total. The van der Waals surface area contributed by atoms with Gasteiger partial charge >= 0.3 is 5.97 Å². The van der Waals surface area contributed by atoms with Crippen molar-refractivity contribution in [3.05, 3.63) is 83.3 Å². The summed E-state index contributed by atoms with van der Waals surface area (Å²) >= 11 is 3.32. The molecule has 0 saturated carbocycles. The molecular formula is C22H18BrNO5. The van der Waals surface area contributed by atoms with Crippen LogP contribution in [-0.2, 0) is 14.3 Å². The second-order valence-electron chi connectivity index (χ2n) is 5.86. The van der Waals surface area contributed by atoms with Gasteiger partial charge in [0.25, 0.3) is 5.91 Å². The lowest BCUT2D eigenvalue weighted by Gasteiger charge is -2.12. The van der Waals surface area contributed by atoms with E-state index in [9.17, 15) is 9.59 Å². The van der Waals surface area contributed by atoms with Gasteiger partial charge in [0.15, 0.2) is 19.0 Å². The fraction of sp³-hybridized carbons (Fsp3) is 0.0909. The molecule has 0 aliphatic carbocycles. The molecule has 29 heavy (non-hydrogen) atoms. The van der Waals surface area contributed by atoms with Crippen molar-refractivity contribution in [1.82, 2.24) is 0 Å². The summed E-state index contributed by atoms with van der Waals surface area (Å²) < 4.78 is 17.0. The molecule has 3 rings (SSSR count). The van der Waals surface area contributed by atoms with E-state index in [0.29, 0.717) is 22.9 Å². The molecule has 0 atom stereocenters. The number of benzene rings is 3. The van der Waals surface area contributed by atoms with Crippen molar-refractivity contribution in [1.29, 1.82) is 0 Å². The van der Waals surface area contributed by atoms with Gasteiger partial charge in [-0.1, -0.05) is 46.3 Å². The Balaban J connectivity index is 1.48. The quantitative estimate of drug-likeness (QED) is 0.493. The van der Waals surface area contributed by atoms with Gasteiger partial charge in [-0.25, -0.2) is 4.79 Å². The van der Waals surface area contributed by atoms with Crippen molar-refractivity contribution in [2.24, 2.45) is 0 Å². The maximum Gasteiger partial charge on any atom is 0.344 e. The fourth-order valence-electron chi connectivity index (χ4n) is 2.32. The van der Waals surface area contributed by atoms with E-state index in [0.717, 1.165) is 4.47 Å². The van der Waals surface area contributed by atoms with Crippen molar-refractivity contribution < 1.29 is 23.8 Å². The highest BCUT2D eigenvalue weighted by atomic mass is 79.9. The summed E-state index contributed by atoms with van der Waals surface area (Å²) in [6, 6.07) is 23.2. The molecule has 0 aliphatic rings. The highest BCUT2D eigenvalue weighted by Gasteiger charge is 2.12. The van der Waals surface area contributed by atoms with Crippen LogP contribution in [0.4, 0.5) is 5.69 Å². The van der Waals surface area contributed by atoms with Crippen LogP contribution in [0, 0.1) is 0 Å². The summed E-state index contributed by atoms with van der Waals surface area (Å²) in [6.07, 6.45) is 0. The Morgan fingerprint density at radius 2 is 1.48 bits per heavy atom. The summed E-state index contributed by atoms with van der Waals surface area (Å²) in [5.41, 5.74) is 0.475. The third-order valence-corrected chi connectivity index (χ3v) is 4.20. The Kier molecular flexibility index (Phi) is 7.24. The SMILES string of the molecule is O=C(COC(=O)COc1ccc(Br)cc1)Nc1ccccc1Oc1ccccc1. The first-order chi connectivity index (χ1) is 14.1. The van der Waals surface area contributed by atoms with Gasteiger partial charge in [-0.2, -0.15) is 0 Å². The van der Waals surface area contributed by atoms with Crippen LogP contribution in [0.15, 0.2) is 83.3 Å². The molecule has 148 valence electrons. The zero-order chi connectivity index (χ0) is 20.5. The van der Waals surface area contributed by atoms with E-state index in [-0.39, 0.29) is 6.61 Å². The molecule has 1 amide bonds. The van der Waals surface area contributed by atoms with Crippen molar-refractivity contribution in [2.75, 3.05) is 18.5 Å². The van der Waals surface area contributed by atoms with Gasteiger partial charge in [0.2, 0.25) is 0 Å². The first kappa shape index (κ1) is 20.4. The number of esters is 1. The van der Waals surface area contributed by atoms with Crippen molar-refractivity contribution in [3.63, 3.8) is 0 Å². The number of hydrogen-bond acceptors (Lipinski definition) is 5. The van der Waals surface area contributed by atoms with Crippen LogP contribution >= 0.6 is 15.9 Å². The summed E-state index contributed by atoms with van der Waals surface area (Å²) in [7, 11) is 0. The first-order valence-electron chi connectivity index (χ1n) is 8.76. The number of anilines is 1. The summed E-state index contributed by atoms with van der Waals surface area (Å²) in [4.78, 5) is 23.9. The smallest absolute Gasteiger partial charge is 0.344 e. The number of hydrogen-bond donors (Lipinski definition) is 1. The van der Waals surface area contributed by atoms with Gasteiger partial charge in [0.1, 0.15) is 11.5 Å². The predicted octanol–water partition coefficient (Wildman–Crippen LogP) is 4.80. The summed E-state index contributed by atoms with van der Waals surface area (Å²) in [5.74, 6) is 0.534. The first-order valence-corrected chi connectivity index (χ1v) is 9.55. The van der Waals surface area contributed by atoms with Crippen LogP contribution in [0.1, 0.15) is 0 Å². The normalized spacial score (nSPS) is 10.1. The highest BCUT2D eigenvalue weighted by Crippen LogP contribution is 2.29. The van der Waals surface area contributed by atoms with E-state index >= 15 is 0 Å². The standard InChI is InChI=1S/C22H18BrNO5/c23-16-10-12-17(13-11-16)27-15-22(26)28-14-21(25)24-19-8-4-5-9-20(19)29-18-6-2-1-3-7-18/h1-13H,14-15H2,(H,24,25). The number of para-hydroxylation sites is 3. The van der Waals surface area contributed by atoms with E-state index in [1.807, 2.05) is 30.3 Å². The number of carbonyl (C=O) groups is 2. The van der Waals surface area contributed by atoms with E-state index in [1.165, 1.54) is 0 Å².